The topological polar surface area (TPSA) is 62.7 Å². The minimum Gasteiger partial charge on any atom is -0.361 e. The average Bonchev–Trinajstić information content (AvgIpc) is 3.26. The molecule has 28 heavy (non-hydrogen) atoms. The highest BCUT2D eigenvalue weighted by atomic mass is 16.1. The Balaban J connectivity index is 1.20. The summed E-state index contributed by atoms with van der Waals surface area (Å²) < 4.78 is 2.22. The van der Waals surface area contributed by atoms with E-state index in [1.165, 1.54) is 10.9 Å². The Hall–Kier alpha value is -3.08. The molecule has 2 heterocycles. The molecule has 4 aromatic rings. The van der Waals surface area contributed by atoms with Crippen molar-refractivity contribution in [1.82, 2.24) is 19.9 Å². The molecule has 144 valence electrons. The van der Waals surface area contributed by atoms with Crippen LogP contribution in [0.1, 0.15) is 30.7 Å². The molecule has 0 saturated carbocycles. The van der Waals surface area contributed by atoms with Crippen LogP contribution in [0.3, 0.4) is 0 Å². The van der Waals surface area contributed by atoms with Gasteiger partial charge < -0.3 is 14.9 Å². The molecular weight excluding hydrogens is 348 g/mol. The lowest BCUT2D eigenvalue weighted by Crippen LogP contribution is -2.25. The highest BCUT2D eigenvalue weighted by molar-refractivity contribution is 5.83. The Labute approximate surface area is 164 Å². The maximum absolute atomic E-state index is 12.1. The van der Waals surface area contributed by atoms with Crippen molar-refractivity contribution in [3.63, 3.8) is 0 Å². The largest absolute Gasteiger partial charge is 0.361 e. The first-order valence-electron chi connectivity index (χ1n) is 9.96. The smallest absolute Gasteiger partial charge is 0.220 e. The summed E-state index contributed by atoms with van der Waals surface area (Å²) in [6.45, 7) is 3.59. The minimum atomic E-state index is 0.132. The summed E-state index contributed by atoms with van der Waals surface area (Å²) in [7, 11) is 0. The zero-order chi connectivity index (χ0) is 19.3. The van der Waals surface area contributed by atoms with Gasteiger partial charge in [-0.3, -0.25) is 4.79 Å². The molecule has 4 rings (SSSR count). The third kappa shape index (κ3) is 3.93. The fraction of sp³-hybridized carbons (Fsp3) is 0.304. The number of hydrogen-bond donors (Lipinski definition) is 2. The Morgan fingerprint density at radius 2 is 1.93 bits per heavy atom. The first-order valence-corrected chi connectivity index (χ1v) is 9.96. The highest BCUT2D eigenvalue weighted by Gasteiger charge is 2.07. The number of aromatic amines is 1. The molecule has 0 unspecified atom stereocenters. The van der Waals surface area contributed by atoms with Crippen molar-refractivity contribution >= 4 is 27.8 Å². The number of carbonyl (C=O) groups is 1. The van der Waals surface area contributed by atoms with Crippen LogP contribution in [0.2, 0.25) is 0 Å². The van der Waals surface area contributed by atoms with Gasteiger partial charge >= 0.3 is 0 Å². The Bertz CT molecular complexity index is 1090. The summed E-state index contributed by atoms with van der Waals surface area (Å²) in [4.78, 5) is 20.0. The van der Waals surface area contributed by atoms with Gasteiger partial charge in [0.1, 0.15) is 5.82 Å². The lowest BCUT2D eigenvalue weighted by molar-refractivity contribution is -0.121. The van der Waals surface area contributed by atoms with E-state index in [2.05, 4.69) is 50.3 Å². The van der Waals surface area contributed by atoms with Gasteiger partial charge in [-0.2, -0.15) is 0 Å². The predicted octanol–water partition coefficient (Wildman–Crippen LogP) is 4.36. The van der Waals surface area contributed by atoms with Crippen LogP contribution in [-0.4, -0.2) is 27.0 Å². The maximum Gasteiger partial charge on any atom is 0.220 e. The standard InChI is InChI=1S/C23H26N4O/c1-17-26-21-11-4-5-12-22(21)27(17)15-7-14-24-23(28)13-6-8-18-16-25-20-10-3-2-9-19(18)20/h2-5,9-12,16,25H,6-8,13-15H2,1H3,(H,24,28). The van der Waals surface area contributed by atoms with E-state index in [0.29, 0.717) is 13.0 Å². The van der Waals surface area contributed by atoms with Crippen LogP contribution in [0.25, 0.3) is 21.9 Å². The number of amides is 1. The molecule has 2 aromatic heterocycles. The highest BCUT2D eigenvalue weighted by Crippen LogP contribution is 2.19. The van der Waals surface area contributed by atoms with Gasteiger partial charge in [-0.25, -0.2) is 4.98 Å². The Morgan fingerprint density at radius 1 is 1.11 bits per heavy atom. The summed E-state index contributed by atoms with van der Waals surface area (Å²) in [5.74, 6) is 1.15. The van der Waals surface area contributed by atoms with Crippen LogP contribution in [0, 0.1) is 6.92 Å². The maximum atomic E-state index is 12.1. The second-order valence-electron chi connectivity index (χ2n) is 7.22. The van der Waals surface area contributed by atoms with Gasteiger partial charge in [-0.1, -0.05) is 30.3 Å². The van der Waals surface area contributed by atoms with E-state index in [-0.39, 0.29) is 5.91 Å². The number of H-pyrrole nitrogens is 1. The SMILES string of the molecule is Cc1nc2ccccc2n1CCCNC(=O)CCCc1c[nH]c2ccccc12. The molecule has 1 amide bonds. The van der Waals surface area contributed by atoms with Gasteiger partial charge in [0.2, 0.25) is 5.91 Å². The number of para-hydroxylation sites is 3. The number of imidazole rings is 1. The van der Waals surface area contributed by atoms with Crippen molar-refractivity contribution in [2.45, 2.75) is 39.2 Å². The number of hydrogen-bond acceptors (Lipinski definition) is 2. The lowest BCUT2D eigenvalue weighted by atomic mass is 10.1. The Kier molecular flexibility index (Phi) is 5.42. The number of nitrogens with one attached hydrogen (secondary N) is 2. The molecular formula is C23H26N4O. The van der Waals surface area contributed by atoms with Crippen LogP contribution in [-0.2, 0) is 17.8 Å². The van der Waals surface area contributed by atoms with Crippen molar-refractivity contribution in [2.75, 3.05) is 6.54 Å². The first-order chi connectivity index (χ1) is 13.7. The second kappa shape index (κ2) is 8.30. The first kappa shape index (κ1) is 18.3. The van der Waals surface area contributed by atoms with Crippen molar-refractivity contribution in [3.8, 4) is 0 Å². The number of nitrogens with zero attached hydrogens (tertiary/aromatic N) is 2. The molecule has 0 fully saturated rings. The molecule has 0 aliphatic carbocycles. The Morgan fingerprint density at radius 3 is 2.86 bits per heavy atom. The lowest BCUT2D eigenvalue weighted by Gasteiger charge is -2.08. The molecule has 0 spiro atoms. The monoisotopic (exact) mass is 374 g/mol. The zero-order valence-corrected chi connectivity index (χ0v) is 16.2. The molecule has 0 aliphatic rings. The van der Waals surface area contributed by atoms with Gasteiger partial charge in [0.25, 0.3) is 0 Å². The van der Waals surface area contributed by atoms with Crippen molar-refractivity contribution < 1.29 is 4.79 Å². The molecule has 0 bridgehead atoms. The van der Waals surface area contributed by atoms with Crippen LogP contribution in [0.4, 0.5) is 0 Å². The van der Waals surface area contributed by atoms with E-state index in [0.717, 1.165) is 48.2 Å². The van der Waals surface area contributed by atoms with Crippen LogP contribution < -0.4 is 5.32 Å². The van der Waals surface area contributed by atoms with E-state index < -0.39 is 0 Å². The van der Waals surface area contributed by atoms with E-state index >= 15 is 0 Å². The van der Waals surface area contributed by atoms with E-state index in [1.54, 1.807) is 0 Å². The normalized spacial score (nSPS) is 11.3. The summed E-state index contributed by atoms with van der Waals surface area (Å²) in [6, 6.07) is 16.5. The van der Waals surface area contributed by atoms with Gasteiger partial charge in [0.05, 0.1) is 11.0 Å². The zero-order valence-electron chi connectivity index (χ0n) is 16.2. The molecule has 5 heteroatoms. The average molecular weight is 374 g/mol. The van der Waals surface area contributed by atoms with Crippen molar-refractivity contribution in [1.29, 1.82) is 0 Å². The minimum absolute atomic E-state index is 0.132. The summed E-state index contributed by atoms with van der Waals surface area (Å²) in [5.41, 5.74) is 4.63. The number of benzene rings is 2. The van der Waals surface area contributed by atoms with Gasteiger partial charge in [-0.15, -0.1) is 0 Å². The van der Waals surface area contributed by atoms with Gasteiger partial charge in [0.15, 0.2) is 0 Å². The molecule has 0 aliphatic heterocycles. The van der Waals surface area contributed by atoms with Crippen LogP contribution >= 0.6 is 0 Å². The van der Waals surface area contributed by atoms with E-state index in [9.17, 15) is 4.79 Å². The van der Waals surface area contributed by atoms with Gasteiger partial charge in [-0.05, 0) is 49.9 Å². The number of carbonyl (C=O) groups excluding carboxylic acids is 1. The summed E-state index contributed by atoms with van der Waals surface area (Å²) in [5, 5.41) is 4.30. The molecule has 5 nitrogen and oxygen atoms in total. The molecule has 2 aromatic carbocycles. The second-order valence-corrected chi connectivity index (χ2v) is 7.22. The molecule has 0 atom stereocenters. The fourth-order valence-electron chi connectivity index (χ4n) is 3.81. The summed E-state index contributed by atoms with van der Waals surface area (Å²) >= 11 is 0. The third-order valence-electron chi connectivity index (χ3n) is 5.25. The van der Waals surface area contributed by atoms with Gasteiger partial charge in [0, 0.05) is 36.6 Å². The van der Waals surface area contributed by atoms with Crippen molar-refractivity contribution in [2.24, 2.45) is 0 Å². The van der Waals surface area contributed by atoms with Crippen molar-refractivity contribution in [3.05, 3.63) is 66.1 Å². The molecule has 0 saturated heterocycles. The number of aromatic nitrogens is 3. The number of fused-ring (bicyclic) bond motifs is 2. The van der Waals surface area contributed by atoms with E-state index in [1.807, 2.05) is 31.2 Å². The number of aryl methyl sites for hydroxylation is 3. The number of rotatable bonds is 8. The molecule has 2 N–H and O–H groups in total. The fourth-order valence-corrected chi connectivity index (χ4v) is 3.81. The predicted molar refractivity (Wildman–Crippen MR) is 113 cm³/mol. The van der Waals surface area contributed by atoms with Crippen LogP contribution in [0.5, 0.6) is 0 Å². The third-order valence-corrected chi connectivity index (χ3v) is 5.25. The molecule has 0 radical (unpaired) electrons. The van der Waals surface area contributed by atoms with E-state index in [4.69, 9.17) is 0 Å². The van der Waals surface area contributed by atoms with Crippen LogP contribution in [0.15, 0.2) is 54.7 Å². The summed E-state index contributed by atoms with van der Waals surface area (Å²) in [6.07, 6.45) is 5.29. The quantitative estimate of drug-likeness (QED) is 0.450.